The van der Waals surface area contributed by atoms with E-state index in [1.807, 2.05) is 20.0 Å². The zero-order valence-corrected chi connectivity index (χ0v) is 8.73. The van der Waals surface area contributed by atoms with E-state index in [1.165, 1.54) is 0 Å². The van der Waals surface area contributed by atoms with Gasteiger partial charge in [-0.15, -0.1) is 0 Å². The fourth-order valence-corrected chi connectivity index (χ4v) is 1.64. The summed E-state index contributed by atoms with van der Waals surface area (Å²) in [7, 11) is 1.84. The summed E-state index contributed by atoms with van der Waals surface area (Å²) in [6.07, 6.45) is 1.63. The average Bonchev–Trinajstić information content (AvgIpc) is 2.44. The van der Waals surface area contributed by atoms with Crippen LogP contribution in [0.4, 0.5) is 11.5 Å². The van der Waals surface area contributed by atoms with Crippen LogP contribution in [0.3, 0.4) is 0 Å². The zero-order chi connectivity index (χ0) is 11.0. The molecule has 0 fully saturated rings. The van der Waals surface area contributed by atoms with Crippen LogP contribution in [0.25, 0.3) is 11.3 Å². The SMILES string of the molecule is Cc1cc(-c2c(N)cnn2C)cc(N)n1. The average molecular weight is 203 g/mol. The fourth-order valence-electron chi connectivity index (χ4n) is 1.64. The van der Waals surface area contributed by atoms with Gasteiger partial charge in [0.2, 0.25) is 0 Å². The summed E-state index contributed by atoms with van der Waals surface area (Å²) in [5.74, 6) is 0.491. The quantitative estimate of drug-likeness (QED) is 0.723. The topological polar surface area (TPSA) is 82.8 Å². The third-order valence-electron chi connectivity index (χ3n) is 2.21. The van der Waals surface area contributed by atoms with Crippen molar-refractivity contribution in [2.45, 2.75) is 6.92 Å². The zero-order valence-electron chi connectivity index (χ0n) is 8.73. The number of nitrogens with zero attached hydrogens (tertiary/aromatic N) is 3. The molecule has 0 saturated heterocycles. The highest BCUT2D eigenvalue weighted by atomic mass is 15.3. The lowest BCUT2D eigenvalue weighted by atomic mass is 10.1. The second-order valence-electron chi connectivity index (χ2n) is 3.49. The Balaban J connectivity index is 2.63. The number of rotatable bonds is 1. The molecule has 5 nitrogen and oxygen atoms in total. The minimum absolute atomic E-state index is 0.491. The van der Waals surface area contributed by atoms with E-state index in [2.05, 4.69) is 10.1 Å². The number of hydrogen-bond donors (Lipinski definition) is 2. The van der Waals surface area contributed by atoms with Crippen molar-refractivity contribution in [1.82, 2.24) is 14.8 Å². The van der Waals surface area contributed by atoms with E-state index >= 15 is 0 Å². The molecule has 78 valence electrons. The van der Waals surface area contributed by atoms with E-state index in [0.29, 0.717) is 11.5 Å². The molecule has 0 unspecified atom stereocenters. The minimum Gasteiger partial charge on any atom is -0.396 e. The summed E-state index contributed by atoms with van der Waals surface area (Å²) in [5.41, 5.74) is 14.8. The normalized spacial score (nSPS) is 10.5. The Labute approximate surface area is 87.7 Å². The molecular weight excluding hydrogens is 190 g/mol. The molecule has 0 aliphatic heterocycles. The van der Waals surface area contributed by atoms with Gasteiger partial charge in [-0.2, -0.15) is 5.10 Å². The van der Waals surface area contributed by atoms with Crippen molar-refractivity contribution in [2.24, 2.45) is 7.05 Å². The molecule has 0 aliphatic rings. The van der Waals surface area contributed by atoms with Gasteiger partial charge in [0.15, 0.2) is 0 Å². The molecule has 0 atom stereocenters. The van der Waals surface area contributed by atoms with Crippen molar-refractivity contribution in [3.05, 3.63) is 24.0 Å². The largest absolute Gasteiger partial charge is 0.396 e. The van der Waals surface area contributed by atoms with Gasteiger partial charge < -0.3 is 11.5 Å². The second kappa shape index (κ2) is 3.27. The van der Waals surface area contributed by atoms with Gasteiger partial charge >= 0.3 is 0 Å². The standard InChI is InChI=1S/C10H13N5/c1-6-3-7(4-9(12)14-6)10-8(11)5-13-15(10)2/h3-5H,11H2,1-2H3,(H2,12,14). The number of nitrogens with two attached hydrogens (primary N) is 2. The lowest BCUT2D eigenvalue weighted by Crippen LogP contribution is -1.99. The molecule has 2 rings (SSSR count). The third kappa shape index (κ3) is 1.63. The minimum atomic E-state index is 0.491. The Morgan fingerprint density at radius 1 is 1.27 bits per heavy atom. The summed E-state index contributed by atoms with van der Waals surface area (Å²) in [6, 6.07) is 3.73. The van der Waals surface area contributed by atoms with Crippen LogP contribution in [0.5, 0.6) is 0 Å². The van der Waals surface area contributed by atoms with Gasteiger partial charge in [-0.05, 0) is 19.1 Å². The van der Waals surface area contributed by atoms with Gasteiger partial charge in [-0.25, -0.2) is 4.98 Å². The summed E-state index contributed by atoms with van der Waals surface area (Å²) in [6.45, 7) is 1.90. The molecule has 0 spiro atoms. The number of hydrogen-bond acceptors (Lipinski definition) is 4. The summed E-state index contributed by atoms with van der Waals surface area (Å²) in [5, 5.41) is 4.08. The molecule has 0 aliphatic carbocycles. The maximum Gasteiger partial charge on any atom is 0.124 e. The van der Waals surface area contributed by atoms with Crippen LogP contribution < -0.4 is 11.5 Å². The Morgan fingerprint density at radius 3 is 2.53 bits per heavy atom. The van der Waals surface area contributed by atoms with Crippen molar-refractivity contribution in [2.75, 3.05) is 11.5 Å². The first-order valence-electron chi connectivity index (χ1n) is 4.60. The molecule has 15 heavy (non-hydrogen) atoms. The first-order chi connectivity index (χ1) is 7.08. The Bertz CT molecular complexity index is 461. The Morgan fingerprint density at radius 2 is 2.00 bits per heavy atom. The molecule has 2 aromatic heterocycles. The molecule has 0 radical (unpaired) electrons. The number of aromatic nitrogens is 3. The van der Waals surface area contributed by atoms with Crippen molar-refractivity contribution < 1.29 is 0 Å². The summed E-state index contributed by atoms with van der Waals surface area (Å²) < 4.78 is 1.73. The summed E-state index contributed by atoms with van der Waals surface area (Å²) >= 11 is 0. The maximum atomic E-state index is 5.83. The van der Waals surface area contributed by atoms with Crippen LogP contribution in [-0.4, -0.2) is 14.8 Å². The van der Waals surface area contributed by atoms with E-state index in [4.69, 9.17) is 11.5 Å². The van der Waals surface area contributed by atoms with Gasteiger partial charge in [-0.3, -0.25) is 4.68 Å². The van der Waals surface area contributed by atoms with Crippen LogP contribution >= 0.6 is 0 Å². The van der Waals surface area contributed by atoms with Crippen molar-refractivity contribution in [3.8, 4) is 11.3 Å². The highest BCUT2D eigenvalue weighted by molar-refractivity contribution is 5.74. The lowest BCUT2D eigenvalue weighted by Gasteiger charge is -2.05. The highest BCUT2D eigenvalue weighted by Gasteiger charge is 2.09. The molecule has 0 amide bonds. The Kier molecular flexibility index (Phi) is 2.07. The molecule has 0 saturated carbocycles. The third-order valence-corrected chi connectivity index (χ3v) is 2.21. The van der Waals surface area contributed by atoms with Crippen LogP contribution in [0.2, 0.25) is 0 Å². The van der Waals surface area contributed by atoms with Crippen LogP contribution in [0.15, 0.2) is 18.3 Å². The van der Waals surface area contributed by atoms with Gasteiger partial charge in [0.1, 0.15) is 5.82 Å². The molecule has 5 heteroatoms. The van der Waals surface area contributed by atoms with E-state index in [9.17, 15) is 0 Å². The predicted octanol–water partition coefficient (Wildman–Crippen LogP) is 0.955. The fraction of sp³-hybridized carbons (Fsp3) is 0.200. The highest BCUT2D eigenvalue weighted by Crippen LogP contribution is 2.26. The molecule has 4 N–H and O–H groups in total. The van der Waals surface area contributed by atoms with E-state index in [-0.39, 0.29) is 0 Å². The lowest BCUT2D eigenvalue weighted by molar-refractivity contribution is 0.776. The van der Waals surface area contributed by atoms with Crippen molar-refractivity contribution in [3.63, 3.8) is 0 Å². The number of anilines is 2. The molecule has 2 heterocycles. The van der Waals surface area contributed by atoms with Gasteiger partial charge in [0, 0.05) is 18.3 Å². The number of aryl methyl sites for hydroxylation is 2. The van der Waals surface area contributed by atoms with E-state index in [1.54, 1.807) is 16.9 Å². The molecule has 0 bridgehead atoms. The van der Waals surface area contributed by atoms with Gasteiger partial charge in [-0.1, -0.05) is 0 Å². The van der Waals surface area contributed by atoms with E-state index < -0.39 is 0 Å². The number of pyridine rings is 1. The monoisotopic (exact) mass is 203 g/mol. The van der Waals surface area contributed by atoms with Gasteiger partial charge in [0.05, 0.1) is 17.6 Å². The van der Waals surface area contributed by atoms with Crippen LogP contribution in [0, 0.1) is 6.92 Å². The first kappa shape index (κ1) is 9.51. The smallest absolute Gasteiger partial charge is 0.124 e. The number of nitrogen functional groups attached to an aromatic ring is 2. The molecule has 0 aromatic carbocycles. The van der Waals surface area contributed by atoms with Crippen LogP contribution in [0.1, 0.15) is 5.69 Å². The molecule has 2 aromatic rings. The first-order valence-corrected chi connectivity index (χ1v) is 4.60. The predicted molar refractivity (Wildman–Crippen MR) is 60.0 cm³/mol. The van der Waals surface area contributed by atoms with E-state index in [0.717, 1.165) is 17.0 Å². The van der Waals surface area contributed by atoms with Gasteiger partial charge in [0.25, 0.3) is 0 Å². The maximum absolute atomic E-state index is 5.83. The second-order valence-corrected chi connectivity index (χ2v) is 3.49. The molecular formula is C10H13N5. The van der Waals surface area contributed by atoms with Crippen molar-refractivity contribution in [1.29, 1.82) is 0 Å². The van der Waals surface area contributed by atoms with Crippen molar-refractivity contribution >= 4 is 11.5 Å². The summed E-state index contributed by atoms with van der Waals surface area (Å²) in [4.78, 5) is 4.11. The van der Waals surface area contributed by atoms with Crippen LogP contribution in [-0.2, 0) is 7.05 Å². The Hall–Kier alpha value is -2.04.